The van der Waals surface area contributed by atoms with E-state index in [2.05, 4.69) is 5.32 Å². The van der Waals surface area contributed by atoms with E-state index in [0.717, 1.165) is 11.8 Å². The third kappa shape index (κ3) is 1.61. The molecule has 0 aromatic rings. The molecule has 3 atom stereocenters. The maximum absolute atomic E-state index is 10.5. The maximum Gasteiger partial charge on any atom is 0.231 e. The molecule has 0 saturated heterocycles. The lowest BCUT2D eigenvalue weighted by Gasteiger charge is -2.21. The lowest BCUT2D eigenvalue weighted by atomic mass is 9.95. The van der Waals surface area contributed by atoms with Crippen molar-refractivity contribution in [1.82, 2.24) is 5.32 Å². The SMILES string of the molecule is NC(=O)CNC1CCC[C@@H]2C[C@H]12. The third-order valence-corrected chi connectivity index (χ3v) is 3.12. The standard InChI is InChI=1S/C9H16N2O/c10-9(12)5-11-8-3-1-2-6-4-7(6)8/h6-8,11H,1-5H2,(H2,10,12)/t6-,7+,8?/m1/s1. The normalized spacial score (nSPS) is 38.8. The summed E-state index contributed by atoms with van der Waals surface area (Å²) < 4.78 is 0. The van der Waals surface area contributed by atoms with Gasteiger partial charge in [-0.05, 0) is 24.7 Å². The van der Waals surface area contributed by atoms with Crippen LogP contribution >= 0.6 is 0 Å². The molecular formula is C9H16N2O. The monoisotopic (exact) mass is 168 g/mol. The molecule has 3 N–H and O–H groups in total. The minimum atomic E-state index is -0.238. The summed E-state index contributed by atoms with van der Waals surface area (Å²) >= 11 is 0. The average Bonchev–Trinajstić information content (AvgIpc) is 2.78. The first-order chi connectivity index (χ1) is 5.77. The van der Waals surface area contributed by atoms with Crippen LogP contribution in [0.4, 0.5) is 0 Å². The molecule has 1 amide bonds. The fraction of sp³-hybridized carbons (Fsp3) is 0.889. The number of carbonyl (C=O) groups excluding carboxylic acids is 1. The smallest absolute Gasteiger partial charge is 0.231 e. The van der Waals surface area contributed by atoms with Crippen LogP contribution in [0.2, 0.25) is 0 Å². The molecule has 3 heteroatoms. The average molecular weight is 168 g/mol. The molecule has 2 fully saturated rings. The molecule has 0 spiro atoms. The van der Waals surface area contributed by atoms with Crippen LogP contribution < -0.4 is 11.1 Å². The van der Waals surface area contributed by atoms with Crippen LogP contribution in [0.1, 0.15) is 25.7 Å². The first-order valence-corrected chi connectivity index (χ1v) is 4.79. The second-order valence-corrected chi connectivity index (χ2v) is 4.04. The Kier molecular flexibility index (Phi) is 2.05. The first-order valence-electron chi connectivity index (χ1n) is 4.79. The van der Waals surface area contributed by atoms with Crippen molar-refractivity contribution in [3.8, 4) is 0 Å². The van der Waals surface area contributed by atoms with Gasteiger partial charge in [0.05, 0.1) is 6.54 Å². The number of nitrogens with one attached hydrogen (secondary N) is 1. The number of amides is 1. The van der Waals surface area contributed by atoms with Crippen molar-refractivity contribution >= 4 is 5.91 Å². The number of primary amides is 1. The Morgan fingerprint density at radius 1 is 1.50 bits per heavy atom. The molecule has 0 aliphatic heterocycles. The van der Waals surface area contributed by atoms with Crippen LogP contribution in [0.25, 0.3) is 0 Å². The summed E-state index contributed by atoms with van der Waals surface area (Å²) in [5.74, 6) is 1.58. The van der Waals surface area contributed by atoms with E-state index in [1.165, 1.54) is 25.7 Å². The molecule has 68 valence electrons. The largest absolute Gasteiger partial charge is 0.369 e. The summed E-state index contributed by atoms with van der Waals surface area (Å²) in [4.78, 5) is 10.5. The van der Waals surface area contributed by atoms with Gasteiger partial charge in [-0.15, -0.1) is 0 Å². The molecule has 0 heterocycles. The zero-order valence-electron chi connectivity index (χ0n) is 7.25. The van der Waals surface area contributed by atoms with E-state index in [1.807, 2.05) is 0 Å². The lowest BCUT2D eigenvalue weighted by Crippen LogP contribution is -2.39. The molecular weight excluding hydrogens is 152 g/mol. The number of nitrogens with two attached hydrogens (primary N) is 1. The van der Waals surface area contributed by atoms with E-state index in [0.29, 0.717) is 12.6 Å². The quantitative estimate of drug-likeness (QED) is 0.634. The Balaban J connectivity index is 1.76. The predicted molar refractivity (Wildman–Crippen MR) is 46.4 cm³/mol. The van der Waals surface area contributed by atoms with Crippen molar-refractivity contribution in [2.75, 3.05) is 6.54 Å². The van der Waals surface area contributed by atoms with Crippen molar-refractivity contribution in [1.29, 1.82) is 0 Å². The molecule has 0 aromatic carbocycles. The summed E-state index contributed by atoms with van der Waals surface area (Å²) in [6, 6.07) is 0.580. The van der Waals surface area contributed by atoms with E-state index in [4.69, 9.17) is 5.73 Å². The maximum atomic E-state index is 10.5. The van der Waals surface area contributed by atoms with E-state index in [-0.39, 0.29) is 5.91 Å². The van der Waals surface area contributed by atoms with Crippen LogP contribution in [0, 0.1) is 11.8 Å². The van der Waals surface area contributed by atoms with E-state index in [1.54, 1.807) is 0 Å². The van der Waals surface area contributed by atoms with Crippen molar-refractivity contribution in [3.63, 3.8) is 0 Å². The Morgan fingerprint density at radius 3 is 3.08 bits per heavy atom. The fourth-order valence-electron chi connectivity index (χ4n) is 2.39. The molecule has 2 aliphatic carbocycles. The lowest BCUT2D eigenvalue weighted by molar-refractivity contribution is -0.117. The summed E-state index contributed by atoms with van der Waals surface area (Å²) in [5.41, 5.74) is 5.07. The third-order valence-electron chi connectivity index (χ3n) is 3.12. The van der Waals surface area contributed by atoms with Gasteiger partial charge in [0.2, 0.25) is 5.91 Å². The summed E-state index contributed by atoms with van der Waals surface area (Å²) in [6.07, 6.45) is 5.32. The van der Waals surface area contributed by atoms with Gasteiger partial charge in [-0.25, -0.2) is 0 Å². The molecule has 3 nitrogen and oxygen atoms in total. The minimum absolute atomic E-state index is 0.238. The molecule has 2 aliphatic rings. The van der Waals surface area contributed by atoms with Gasteiger partial charge in [0.1, 0.15) is 0 Å². The molecule has 0 aromatic heterocycles. The van der Waals surface area contributed by atoms with Crippen molar-refractivity contribution in [2.45, 2.75) is 31.7 Å². The first kappa shape index (κ1) is 8.05. The molecule has 1 unspecified atom stereocenters. The van der Waals surface area contributed by atoms with Gasteiger partial charge in [-0.3, -0.25) is 4.79 Å². The molecule has 0 bridgehead atoms. The Labute approximate surface area is 72.7 Å². The summed E-state index contributed by atoms with van der Waals surface area (Å²) in [5, 5.41) is 3.24. The Morgan fingerprint density at radius 2 is 2.33 bits per heavy atom. The number of rotatable bonds is 3. The summed E-state index contributed by atoms with van der Waals surface area (Å²) in [7, 11) is 0. The highest BCUT2D eigenvalue weighted by molar-refractivity contribution is 5.75. The van der Waals surface area contributed by atoms with Crippen LogP contribution in [-0.2, 0) is 4.79 Å². The van der Waals surface area contributed by atoms with Crippen LogP contribution in [0.15, 0.2) is 0 Å². The molecule has 2 saturated carbocycles. The Bertz CT molecular complexity index is 193. The number of carbonyl (C=O) groups is 1. The topological polar surface area (TPSA) is 55.1 Å². The molecule has 0 radical (unpaired) electrons. The second-order valence-electron chi connectivity index (χ2n) is 4.04. The summed E-state index contributed by atoms with van der Waals surface area (Å²) in [6.45, 7) is 0.355. The van der Waals surface area contributed by atoms with Crippen LogP contribution in [0.5, 0.6) is 0 Å². The minimum Gasteiger partial charge on any atom is -0.369 e. The van der Waals surface area contributed by atoms with Gasteiger partial charge in [0.15, 0.2) is 0 Å². The van der Waals surface area contributed by atoms with E-state index in [9.17, 15) is 4.79 Å². The van der Waals surface area contributed by atoms with Gasteiger partial charge in [-0.1, -0.05) is 12.8 Å². The zero-order valence-corrected chi connectivity index (χ0v) is 7.25. The van der Waals surface area contributed by atoms with E-state index >= 15 is 0 Å². The Hall–Kier alpha value is -0.570. The predicted octanol–water partition coefficient (Wildman–Crippen LogP) is 0.250. The van der Waals surface area contributed by atoms with Gasteiger partial charge in [0.25, 0.3) is 0 Å². The molecule has 2 rings (SSSR count). The second kappa shape index (κ2) is 3.05. The van der Waals surface area contributed by atoms with Crippen LogP contribution in [-0.4, -0.2) is 18.5 Å². The number of hydrogen-bond acceptors (Lipinski definition) is 2. The molecule has 12 heavy (non-hydrogen) atoms. The highest BCUT2D eigenvalue weighted by atomic mass is 16.1. The van der Waals surface area contributed by atoms with Crippen molar-refractivity contribution < 1.29 is 4.79 Å². The highest BCUT2D eigenvalue weighted by Crippen LogP contribution is 2.49. The van der Waals surface area contributed by atoms with Gasteiger partial charge in [-0.2, -0.15) is 0 Å². The number of hydrogen-bond donors (Lipinski definition) is 2. The van der Waals surface area contributed by atoms with Gasteiger partial charge >= 0.3 is 0 Å². The fourth-order valence-corrected chi connectivity index (χ4v) is 2.39. The zero-order chi connectivity index (χ0) is 8.55. The highest BCUT2D eigenvalue weighted by Gasteiger charge is 2.44. The van der Waals surface area contributed by atoms with Gasteiger partial charge in [0, 0.05) is 6.04 Å². The number of fused-ring (bicyclic) bond motifs is 1. The van der Waals surface area contributed by atoms with Crippen molar-refractivity contribution in [3.05, 3.63) is 0 Å². The van der Waals surface area contributed by atoms with Crippen LogP contribution in [0.3, 0.4) is 0 Å². The van der Waals surface area contributed by atoms with E-state index < -0.39 is 0 Å². The van der Waals surface area contributed by atoms with Gasteiger partial charge < -0.3 is 11.1 Å². The van der Waals surface area contributed by atoms with Crippen molar-refractivity contribution in [2.24, 2.45) is 17.6 Å².